The van der Waals surface area contributed by atoms with E-state index in [0.29, 0.717) is 36.5 Å². The van der Waals surface area contributed by atoms with E-state index < -0.39 is 0 Å². The van der Waals surface area contributed by atoms with Gasteiger partial charge >= 0.3 is 0 Å². The molecule has 2 heterocycles. The first kappa shape index (κ1) is 19.0. The normalized spacial score (nSPS) is 20.9. The fraction of sp³-hybridized carbons (Fsp3) is 0.591. The van der Waals surface area contributed by atoms with E-state index in [1.807, 2.05) is 35.2 Å². The molecule has 28 heavy (non-hydrogen) atoms. The zero-order valence-electron chi connectivity index (χ0n) is 16.4. The first-order valence-electron chi connectivity index (χ1n) is 10.6. The monoisotopic (exact) mass is 383 g/mol. The highest BCUT2D eigenvalue weighted by molar-refractivity contribution is 5.76. The van der Waals surface area contributed by atoms with E-state index >= 15 is 0 Å². The van der Waals surface area contributed by atoms with Crippen molar-refractivity contribution in [2.45, 2.75) is 63.9 Å². The minimum absolute atomic E-state index is 0.151. The molecule has 1 unspecified atom stereocenters. The van der Waals surface area contributed by atoms with Crippen molar-refractivity contribution < 1.29 is 14.1 Å². The molecule has 1 amide bonds. The molecule has 2 aromatic rings. The summed E-state index contributed by atoms with van der Waals surface area (Å²) in [6.45, 7) is 1.81. The molecular weight excluding hydrogens is 354 g/mol. The number of benzene rings is 1. The van der Waals surface area contributed by atoms with Crippen molar-refractivity contribution in [1.29, 1.82) is 0 Å². The van der Waals surface area contributed by atoms with Crippen LogP contribution in [0.1, 0.15) is 69.0 Å². The molecule has 0 bridgehead atoms. The van der Waals surface area contributed by atoms with Gasteiger partial charge < -0.3 is 14.2 Å². The molecule has 0 radical (unpaired) electrons. The van der Waals surface area contributed by atoms with Crippen molar-refractivity contribution in [1.82, 2.24) is 15.0 Å². The summed E-state index contributed by atoms with van der Waals surface area (Å²) in [6, 6.07) is 9.59. The largest absolute Gasteiger partial charge is 0.484 e. The number of nitrogens with zero attached hydrogens (tertiary/aromatic N) is 3. The van der Waals surface area contributed by atoms with Gasteiger partial charge in [0.1, 0.15) is 5.75 Å². The Labute approximate surface area is 166 Å². The number of para-hydroxylation sites is 1. The van der Waals surface area contributed by atoms with E-state index in [1.54, 1.807) is 0 Å². The summed E-state index contributed by atoms with van der Waals surface area (Å²) in [5.74, 6) is 2.98. The lowest BCUT2D eigenvalue weighted by molar-refractivity contribution is -0.133. The molecule has 1 atom stereocenters. The zero-order valence-corrected chi connectivity index (χ0v) is 16.4. The average molecular weight is 383 g/mol. The van der Waals surface area contributed by atoms with Gasteiger partial charge in [-0.1, -0.05) is 42.6 Å². The highest BCUT2D eigenvalue weighted by Crippen LogP contribution is 2.29. The van der Waals surface area contributed by atoms with E-state index in [2.05, 4.69) is 10.1 Å². The predicted octanol–water partition coefficient (Wildman–Crippen LogP) is 4.33. The number of piperidine rings is 1. The van der Waals surface area contributed by atoms with Crippen molar-refractivity contribution in [3.63, 3.8) is 0 Å². The Morgan fingerprint density at radius 2 is 1.93 bits per heavy atom. The molecule has 4 rings (SSSR count). The molecule has 0 N–H and O–H groups in total. The van der Waals surface area contributed by atoms with Gasteiger partial charge in [-0.15, -0.1) is 0 Å². The fourth-order valence-corrected chi connectivity index (χ4v) is 4.34. The number of rotatable bonds is 6. The maximum atomic E-state index is 12.7. The molecule has 1 aromatic heterocycles. The maximum absolute atomic E-state index is 12.7. The predicted molar refractivity (Wildman–Crippen MR) is 105 cm³/mol. The molecule has 1 saturated carbocycles. The van der Waals surface area contributed by atoms with Crippen molar-refractivity contribution in [2.24, 2.45) is 5.92 Å². The summed E-state index contributed by atoms with van der Waals surface area (Å²) >= 11 is 0. The van der Waals surface area contributed by atoms with Gasteiger partial charge in [0.2, 0.25) is 5.91 Å². The summed E-state index contributed by atoms with van der Waals surface area (Å²) < 4.78 is 11.0. The number of hydrogen-bond donors (Lipinski definition) is 0. The van der Waals surface area contributed by atoms with Gasteiger partial charge in [0, 0.05) is 25.4 Å². The molecule has 1 aliphatic carbocycles. The molecular formula is C22H29N3O3. The van der Waals surface area contributed by atoms with Gasteiger partial charge in [-0.3, -0.25) is 4.79 Å². The second-order valence-corrected chi connectivity index (χ2v) is 8.04. The molecule has 1 aromatic carbocycles. The van der Waals surface area contributed by atoms with E-state index in [1.165, 1.54) is 32.1 Å². The van der Waals surface area contributed by atoms with Crippen molar-refractivity contribution in [3.05, 3.63) is 42.0 Å². The van der Waals surface area contributed by atoms with Crippen LogP contribution in [0.3, 0.4) is 0 Å². The van der Waals surface area contributed by atoms with Crippen LogP contribution in [0.15, 0.2) is 34.9 Å². The first-order chi connectivity index (χ1) is 13.8. The van der Waals surface area contributed by atoms with Crippen LogP contribution in [0.4, 0.5) is 0 Å². The van der Waals surface area contributed by atoms with Crippen LogP contribution in [-0.2, 0) is 11.4 Å². The Morgan fingerprint density at radius 3 is 2.75 bits per heavy atom. The average Bonchev–Trinajstić information content (AvgIpc) is 3.23. The number of aromatic nitrogens is 2. The third kappa shape index (κ3) is 4.91. The van der Waals surface area contributed by atoms with Gasteiger partial charge in [-0.2, -0.15) is 4.98 Å². The topological polar surface area (TPSA) is 68.5 Å². The van der Waals surface area contributed by atoms with Crippen molar-refractivity contribution >= 4 is 5.91 Å². The molecule has 1 saturated heterocycles. The second-order valence-electron chi connectivity index (χ2n) is 8.04. The number of ether oxygens (including phenoxy) is 1. The van der Waals surface area contributed by atoms with Crippen molar-refractivity contribution in [2.75, 3.05) is 13.1 Å². The quantitative estimate of drug-likeness (QED) is 0.743. The molecule has 150 valence electrons. The van der Waals surface area contributed by atoms with Crippen LogP contribution < -0.4 is 4.74 Å². The van der Waals surface area contributed by atoms with Crippen LogP contribution in [-0.4, -0.2) is 34.0 Å². The Hall–Kier alpha value is -2.37. The summed E-state index contributed by atoms with van der Waals surface area (Å²) in [6.07, 6.45) is 8.97. The number of amides is 1. The van der Waals surface area contributed by atoms with Crippen LogP contribution in [0.5, 0.6) is 5.75 Å². The van der Waals surface area contributed by atoms with E-state index in [9.17, 15) is 4.79 Å². The van der Waals surface area contributed by atoms with Crippen LogP contribution >= 0.6 is 0 Å². The Kier molecular flexibility index (Phi) is 6.24. The lowest BCUT2D eigenvalue weighted by Gasteiger charge is -2.33. The Balaban J connectivity index is 1.30. The summed E-state index contributed by atoms with van der Waals surface area (Å²) in [5.41, 5.74) is 0. The minimum atomic E-state index is 0.151. The SMILES string of the molecule is O=C(CC1CCCCC1)N1CCCC(c2noc(COc3ccccc3)n2)C1. The lowest BCUT2D eigenvalue weighted by Crippen LogP contribution is -2.40. The van der Waals surface area contributed by atoms with Gasteiger partial charge in [0.25, 0.3) is 5.89 Å². The molecule has 0 spiro atoms. The van der Waals surface area contributed by atoms with E-state index in [4.69, 9.17) is 9.26 Å². The lowest BCUT2D eigenvalue weighted by atomic mass is 9.86. The third-order valence-electron chi connectivity index (χ3n) is 5.92. The number of carbonyl (C=O) groups is 1. The Bertz CT molecular complexity index is 755. The highest BCUT2D eigenvalue weighted by Gasteiger charge is 2.29. The molecule has 1 aliphatic heterocycles. The first-order valence-corrected chi connectivity index (χ1v) is 10.6. The molecule has 2 aliphatic rings. The van der Waals surface area contributed by atoms with Crippen LogP contribution in [0.25, 0.3) is 0 Å². The van der Waals surface area contributed by atoms with E-state index in [-0.39, 0.29) is 12.5 Å². The number of hydrogen-bond acceptors (Lipinski definition) is 5. The fourth-order valence-electron chi connectivity index (χ4n) is 4.34. The van der Waals surface area contributed by atoms with Crippen molar-refractivity contribution in [3.8, 4) is 5.75 Å². The summed E-state index contributed by atoms with van der Waals surface area (Å²) in [7, 11) is 0. The molecule has 2 fully saturated rings. The number of carbonyl (C=O) groups excluding carboxylic acids is 1. The van der Waals surface area contributed by atoms with Crippen LogP contribution in [0.2, 0.25) is 0 Å². The number of likely N-dealkylation sites (tertiary alicyclic amines) is 1. The maximum Gasteiger partial charge on any atom is 0.264 e. The van der Waals surface area contributed by atoms with Gasteiger partial charge in [0.15, 0.2) is 12.4 Å². The highest BCUT2D eigenvalue weighted by atomic mass is 16.5. The Morgan fingerprint density at radius 1 is 1.11 bits per heavy atom. The second kappa shape index (κ2) is 9.22. The van der Waals surface area contributed by atoms with E-state index in [0.717, 1.165) is 25.1 Å². The van der Waals surface area contributed by atoms with Gasteiger partial charge in [-0.25, -0.2) is 0 Å². The van der Waals surface area contributed by atoms with Crippen LogP contribution in [0, 0.1) is 5.92 Å². The van der Waals surface area contributed by atoms with Gasteiger partial charge in [0.05, 0.1) is 0 Å². The smallest absolute Gasteiger partial charge is 0.264 e. The standard InChI is InChI=1S/C22H29N3O3/c26-21(14-17-8-3-1-4-9-17)25-13-7-10-18(15-25)22-23-20(28-24-22)16-27-19-11-5-2-6-12-19/h2,5-6,11-12,17-18H,1,3-4,7-10,13-16H2. The van der Waals surface area contributed by atoms with Gasteiger partial charge in [-0.05, 0) is 43.7 Å². The summed E-state index contributed by atoms with van der Waals surface area (Å²) in [5, 5.41) is 4.16. The molecule has 6 heteroatoms. The minimum Gasteiger partial charge on any atom is -0.484 e. The molecule has 6 nitrogen and oxygen atoms in total. The summed E-state index contributed by atoms with van der Waals surface area (Å²) in [4.78, 5) is 19.3. The third-order valence-corrected chi connectivity index (χ3v) is 5.92. The zero-order chi connectivity index (χ0) is 19.2.